The average Bonchev–Trinajstić information content (AvgIpc) is 2.71. The molecule has 4 fully saturated rings. The van der Waals surface area contributed by atoms with Gasteiger partial charge >= 0.3 is 0 Å². The molecule has 5 rings (SSSR count). The second-order valence-corrected chi connectivity index (χ2v) is 14.9. The van der Waals surface area contributed by atoms with E-state index in [9.17, 15) is 9.90 Å². The van der Waals surface area contributed by atoms with Gasteiger partial charge in [-0.3, -0.25) is 0 Å². The van der Waals surface area contributed by atoms with Gasteiger partial charge in [0, 0.05) is 5.41 Å². The van der Waals surface area contributed by atoms with Crippen molar-refractivity contribution in [2.75, 3.05) is 0 Å². The van der Waals surface area contributed by atoms with Gasteiger partial charge in [0.2, 0.25) is 0 Å². The third-order valence-corrected chi connectivity index (χ3v) is 12.9. The number of carbonyl (C=O) groups is 1. The monoisotopic (exact) mass is 440 g/mol. The summed E-state index contributed by atoms with van der Waals surface area (Å²) in [5.41, 5.74) is 2.69. The number of aldehydes is 1. The van der Waals surface area contributed by atoms with Crippen molar-refractivity contribution in [3.63, 3.8) is 0 Å². The average molecular weight is 441 g/mol. The molecule has 180 valence electrons. The van der Waals surface area contributed by atoms with Crippen LogP contribution in [0.1, 0.15) is 113 Å². The van der Waals surface area contributed by atoms with E-state index in [1.54, 1.807) is 5.57 Å². The first kappa shape index (κ1) is 23.1. The highest BCUT2D eigenvalue weighted by Crippen LogP contribution is 2.75. The smallest absolute Gasteiger partial charge is 0.126 e. The van der Waals surface area contributed by atoms with Crippen molar-refractivity contribution in [2.45, 2.75) is 119 Å². The van der Waals surface area contributed by atoms with Gasteiger partial charge < -0.3 is 9.90 Å². The van der Waals surface area contributed by atoms with Gasteiger partial charge in [-0.1, -0.05) is 60.1 Å². The van der Waals surface area contributed by atoms with Gasteiger partial charge in [0.15, 0.2) is 0 Å². The molecule has 0 spiro atoms. The Morgan fingerprint density at radius 2 is 1.56 bits per heavy atom. The first-order valence-electron chi connectivity index (χ1n) is 13.6. The number of rotatable bonds is 1. The molecule has 0 amide bonds. The zero-order valence-corrected chi connectivity index (χ0v) is 21.9. The summed E-state index contributed by atoms with van der Waals surface area (Å²) in [6.45, 7) is 17.3. The van der Waals surface area contributed by atoms with Crippen LogP contribution in [0.3, 0.4) is 0 Å². The third-order valence-electron chi connectivity index (χ3n) is 12.9. The molecule has 0 aromatic heterocycles. The summed E-state index contributed by atoms with van der Waals surface area (Å²) < 4.78 is 0. The van der Waals surface area contributed by atoms with E-state index >= 15 is 0 Å². The summed E-state index contributed by atoms with van der Waals surface area (Å²) in [5, 5.41) is 10.9. The molecule has 0 bridgehead atoms. The number of carbonyl (C=O) groups excluding carboxylic acids is 1. The van der Waals surface area contributed by atoms with Crippen LogP contribution in [0.4, 0.5) is 0 Å². The Kier molecular flexibility index (Phi) is 4.87. The lowest BCUT2D eigenvalue weighted by Crippen LogP contribution is -2.64. The molecule has 0 heterocycles. The fourth-order valence-electron chi connectivity index (χ4n) is 10.5. The molecule has 0 aromatic carbocycles. The van der Waals surface area contributed by atoms with E-state index in [4.69, 9.17) is 0 Å². The highest BCUT2D eigenvalue weighted by atomic mass is 16.3. The zero-order valence-electron chi connectivity index (χ0n) is 21.9. The number of fused-ring (bicyclic) bond motifs is 7. The van der Waals surface area contributed by atoms with Gasteiger partial charge in [-0.2, -0.15) is 0 Å². The van der Waals surface area contributed by atoms with Crippen molar-refractivity contribution < 1.29 is 9.90 Å². The minimum atomic E-state index is -0.164. The lowest BCUT2D eigenvalue weighted by atomic mass is 9.33. The Balaban J connectivity index is 1.59. The predicted octanol–water partition coefficient (Wildman–Crippen LogP) is 7.35. The molecular formula is C30H48O2. The molecule has 8 atom stereocenters. The van der Waals surface area contributed by atoms with Crippen LogP contribution in [0, 0.1) is 50.2 Å². The SMILES string of the molecule is CC1(C)CCC2(C=O)CCC3(C)C(=CCC4C5(C)CCC(O)C(C)(C)C5CCC43C)C2C1. The van der Waals surface area contributed by atoms with Crippen LogP contribution >= 0.6 is 0 Å². The molecule has 0 aromatic rings. The van der Waals surface area contributed by atoms with Crippen LogP contribution in [-0.4, -0.2) is 17.5 Å². The maximum Gasteiger partial charge on any atom is 0.126 e. The summed E-state index contributed by atoms with van der Waals surface area (Å²) in [6, 6.07) is 0. The quantitative estimate of drug-likeness (QED) is 0.342. The van der Waals surface area contributed by atoms with Crippen LogP contribution in [0.2, 0.25) is 0 Å². The van der Waals surface area contributed by atoms with E-state index in [1.807, 2.05) is 0 Å². The molecule has 0 aliphatic heterocycles. The van der Waals surface area contributed by atoms with Crippen LogP contribution in [0.25, 0.3) is 0 Å². The van der Waals surface area contributed by atoms with Gasteiger partial charge in [-0.15, -0.1) is 0 Å². The van der Waals surface area contributed by atoms with E-state index in [2.05, 4.69) is 54.5 Å². The summed E-state index contributed by atoms with van der Waals surface area (Å²) in [7, 11) is 0. The lowest BCUT2D eigenvalue weighted by Gasteiger charge is -2.71. The Labute approximate surface area is 197 Å². The van der Waals surface area contributed by atoms with Crippen molar-refractivity contribution in [3.8, 4) is 0 Å². The number of aliphatic hydroxyl groups excluding tert-OH is 1. The summed E-state index contributed by atoms with van der Waals surface area (Å²) in [4.78, 5) is 12.6. The van der Waals surface area contributed by atoms with Crippen molar-refractivity contribution >= 4 is 6.29 Å². The van der Waals surface area contributed by atoms with E-state index in [0.29, 0.717) is 28.6 Å². The summed E-state index contributed by atoms with van der Waals surface area (Å²) in [5.74, 6) is 1.71. The van der Waals surface area contributed by atoms with E-state index < -0.39 is 0 Å². The van der Waals surface area contributed by atoms with Crippen LogP contribution in [-0.2, 0) is 4.79 Å². The van der Waals surface area contributed by atoms with Gasteiger partial charge in [-0.05, 0) is 109 Å². The molecule has 0 saturated heterocycles. The highest BCUT2D eigenvalue weighted by molar-refractivity contribution is 5.63. The maximum atomic E-state index is 12.6. The maximum absolute atomic E-state index is 12.6. The third kappa shape index (κ3) is 2.71. The molecule has 5 aliphatic carbocycles. The van der Waals surface area contributed by atoms with E-state index in [1.165, 1.54) is 44.8 Å². The van der Waals surface area contributed by atoms with E-state index in [-0.39, 0.29) is 27.8 Å². The lowest BCUT2D eigenvalue weighted by molar-refractivity contribution is -0.202. The Morgan fingerprint density at radius 3 is 2.25 bits per heavy atom. The molecule has 1 N–H and O–H groups in total. The first-order valence-corrected chi connectivity index (χ1v) is 13.6. The van der Waals surface area contributed by atoms with Crippen molar-refractivity contribution in [2.24, 2.45) is 50.2 Å². The summed E-state index contributed by atoms with van der Waals surface area (Å²) >= 11 is 0. The minimum absolute atomic E-state index is 0.00581. The predicted molar refractivity (Wildman–Crippen MR) is 131 cm³/mol. The normalized spacial score (nSPS) is 53.7. The molecular weight excluding hydrogens is 392 g/mol. The molecule has 4 saturated carbocycles. The first-order chi connectivity index (χ1) is 14.8. The number of aliphatic hydroxyl groups is 1. The van der Waals surface area contributed by atoms with Crippen molar-refractivity contribution in [1.82, 2.24) is 0 Å². The molecule has 5 aliphatic rings. The van der Waals surface area contributed by atoms with Crippen molar-refractivity contribution in [1.29, 1.82) is 0 Å². The Hall–Kier alpha value is -0.630. The van der Waals surface area contributed by atoms with Gasteiger partial charge in [0.25, 0.3) is 0 Å². The number of hydrogen-bond acceptors (Lipinski definition) is 2. The number of allylic oxidation sites excluding steroid dienone is 2. The Bertz CT molecular complexity index is 838. The van der Waals surface area contributed by atoms with Gasteiger partial charge in [0.1, 0.15) is 6.29 Å². The summed E-state index contributed by atoms with van der Waals surface area (Å²) in [6.07, 6.45) is 15.4. The fourth-order valence-corrected chi connectivity index (χ4v) is 10.5. The van der Waals surface area contributed by atoms with E-state index in [0.717, 1.165) is 25.7 Å². The standard InChI is InChI=1S/C30H48O2/c1-25(2)14-16-30(19-31)17-15-28(6)20(21(30)18-25)8-9-23-27(5)12-11-24(32)26(3,4)22(27)10-13-29(23,28)7/h8,19,21-24,32H,9-18H2,1-7H3. The Morgan fingerprint density at radius 1 is 0.875 bits per heavy atom. The van der Waals surface area contributed by atoms with Crippen LogP contribution in [0.5, 0.6) is 0 Å². The second kappa shape index (κ2) is 6.73. The minimum Gasteiger partial charge on any atom is -0.393 e. The molecule has 0 radical (unpaired) electrons. The highest BCUT2D eigenvalue weighted by Gasteiger charge is 2.68. The topological polar surface area (TPSA) is 37.3 Å². The molecule has 2 nitrogen and oxygen atoms in total. The molecule has 8 unspecified atom stereocenters. The molecule has 32 heavy (non-hydrogen) atoms. The fraction of sp³-hybridized carbons (Fsp3) is 0.900. The van der Waals surface area contributed by atoms with Crippen LogP contribution in [0.15, 0.2) is 11.6 Å². The van der Waals surface area contributed by atoms with Crippen LogP contribution < -0.4 is 0 Å². The van der Waals surface area contributed by atoms with Gasteiger partial charge in [-0.25, -0.2) is 0 Å². The second-order valence-electron chi connectivity index (χ2n) is 14.9. The largest absolute Gasteiger partial charge is 0.393 e. The van der Waals surface area contributed by atoms with Crippen molar-refractivity contribution in [3.05, 3.63) is 11.6 Å². The molecule has 2 heteroatoms. The zero-order chi connectivity index (χ0) is 23.4. The number of hydrogen-bond donors (Lipinski definition) is 1. The van der Waals surface area contributed by atoms with Gasteiger partial charge in [0.05, 0.1) is 6.10 Å².